The molecule has 2 heterocycles. The van der Waals surface area contributed by atoms with Crippen molar-refractivity contribution in [3.05, 3.63) is 82.4 Å². The first-order chi connectivity index (χ1) is 13.1. The number of aromatic nitrogens is 1. The molecule has 3 aromatic rings. The Morgan fingerprint density at radius 3 is 2.52 bits per heavy atom. The molecule has 0 radical (unpaired) electrons. The lowest BCUT2D eigenvalue weighted by Crippen LogP contribution is -2.44. The number of thiazole rings is 1. The number of amides is 2. The predicted molar refractivity (Wildman–Crippen MR) is 106 cm³/mol. The third kappa shape index (κ3) is 3.13. The topological polar surface area (TPSA) is 62.3 Å². The Morgan fingerprint density at radius 2 is 1.81 bits per heavy atom. The van der Waals surface area contributed by atoms with Crippen molar-refractivity contribution in [1.82, 2.24) is 9.88 Å². The molecule has 136 valence electrons. The van der Waals surface area contributed by atoms with E-state index in [-0.39, 0.29) is 17.9 Å². The van der Waals surface area contributed by atoms with Crippen molar-refractivity contribution in [2.45, 2.75) is 18.9 Å². The Balaban J connectivity index is 1.81. The van der Waals surface area contributed by atoms with Crippen LogP contribution in [-0.4, -0.2) is 28.7 Å². The van der Waals surface area contributed by atoms with Gasteiger partial charge in [0.1, 0.15) is 0 Å². The zero-order valence-corrected chi connectivity index (χ0v) is 15.9. The maximum Gasteiger partial charge on any atom is 0.254 e. The molecule has 6 heteroatoms. The molecule has 2 aromatic carbocycles. The van der Waals surface area contributed by atoms with Crippen LogP contribution in [0.2, 0.25) is 0 Å². The van der Waals surface area contributed by atoms with Crippen LogP contribution in [0, 0.1) is 6.92 Å². The summed E-state index contributed by atoms with van der Waals surface area (Å²) in [5.74, 6) is -0.755. The molecule has 1 aromatic heterocycles. The molecule has 1 N–H and O–H groups in total. The van der Waals surface area contributed by atoms with Crippen LogP contribution in [0.1, 0.15) is 38.3 Å². The molecule has 4 rings (SSSR count). The molecule has 0 fully saturated rings. The molecule has 2 amide bonds. The molecule has 0 bridgehead atoms. The Bertz CT molecular complexity index is 999. The molecule has 0 saturated carbocycles. The van der Waals surface area contributed by atoms with Gasteiger partial charge in [-0.3, -0.25) is 9.59 Å². The maximum absolute atomic E-state index is 13.3. The highest BCUT2D eigenvalue weighted by Gasteiger charge is 2.42. The number of benzene rings is 2. The van der Waals surface area contributed by atoms with E-state index < -0.39 is 5.92 Å². The number of likely N-dealkylation sites (N-methyl/N-ethyl adjacent to an activating group) is 1. The summed E-state index contributed by atoms with van der Waals surface area (Å²) >= 11 is 1.44. The Hall–Kier alpha value is -2.99. The van der Waals surface area contributed by atoms with Crippen LogP contribution in [0.15, 0.2) is 60.8 Å². The highest BCUT2D eigenvalue weighted by atomic mass is 32.1. The van der Waals surface area contributed by atoms with E-state index in [0.29, 0.717) is 10.7 Å². The van der Waals surface area contributed by atoms with Crippen LogP contribution in [0.5, 0.6) is 0 Å². The summed E-state index contributed by atoms with van der Waals surface area (Å²) in [7, 11) is 1.75. The summed E-state index contributed by atoms with van der Waals surface area (Å²) in [5.41, 5.74) is 2.25. The van der Waals surface area contributed by atoms with Gasteiger partial charge in [-0.1, -0.05) is 48.5 Å². The van der Waals surface area contributed by atoms with Crippen molar-refractivity contribution < 1.29 is 9.59 Å². The van der Waals surface area contributed by atoms with E-state index >= 15 is 0 Å². The first-order valence-corrected chi connectivity index (χ1v) is 9.52. The number of rotatable bonds is 3. The zero-order chi connectivity index (χ0) is 19.0. The second-order valence-corrected chi connectivity index (χ2v) is 7.84. The number of fused-ring (bicyclic) bond motifs is 1. The Labute approximate surface area is 161 Å². The molecular weight excluding hydrogens is 358 g/mol. The number of carbonyl (C=O) groups excluding carboxylic acids is 2. The largest absolute Gasteiger partial charge is 0.334 e. The molecule has 5 nitrogen and oxygen atoms in total. The number of aryl methyl sites for hydroxylation is 1. The molecule has 0 saturated heterocycles. The maximum atomic E-state index is 13.3. The second-order valence-electron chi connectivity index (χ2n) is 6.60. The molecule has 1 aliphatic rings. The standard InChI is InChI=1S/C21H19N3O2S/c1-13-12-22-21(27-13)23-19(25)17-15-10-6-7-11-16(15)20(26)24(2)18(17)14-8-4-3-5-9-14/h3-12,17-18H,1-2H3,(H,22,23,25)/t17-,18+/m0/s1. The number of carbonyl (C=O) groups is 2. The molecule has 27 heavy (non-hydrogen) atoms. The van der Waals surface area contributed by atoms with Crippen LogP contribution in [-0.2, 0) is 4.79 Å². The van der Waals surface area contributed by atoms with Crippen molar-refractivity contribution in [2.75, 3.05) is 12.4 Å². The van der Waals surface area contributed by atoms with Crippen LogP contribution >= 0.6 is 11.3 Å². The number of nitrogens with zero attached hydrogens (tertiary/aromatic N) is 2. The molecule has 0 spiro atoms. The fourth-order valence-corrected chi connectivity index (χ4v) is 4.29. The van der Waals surface area contributed by atoms with Gasteiger partial charge in [0.2, 0.25) is 5.91 Å². The van der Waals surface area contributed by atoms with Gasteiger partial charge >= 0.3 is 0 Å². The SMILES string of the molecule is Cc1cnc(NC(=O)[C@H]2c3ccccc3C(=O)N(C)[C@@H]2c2ccccc2)s1. The summed E-state index contributed by atoms with van der Waals surface area (Å²) in [4.78, 5) is 33.1. The highest BCUT2D eigenvalue weighted by Crippen LogP contribution is 2.42. The van der Waals surface area contributed by atoms with Gasteiger partial charge < -0.3 is 10.2 Å². The molecule has 1 aliphatic heterocycles. The van der Waals surface area contributed by atoms with Gasteiger partial charge in [-0.25, -0.2) is 4.98 Å². The van der Waals surface area contributed by atoms with Gasteiger partial charge in [-0.2, -0.15) is 0 Å². The minimum Gasteiger partial charge on any atom is -0.334 e. The van der Waals surface area contributed by atoms with Crippen molar-refractivity contribution in [3.63, 3.8) is 0 Å². The van der Waals surface area contributed by atoms with E-state index in [0.717, 1.165) is 16.0 Å². The number of hydrogen-bond acceptors (Lipinski definition) is 4. The summed E-state index contributed by atoms with van der Waals surface area (Å²) in [6, 6.07) is 16.6. The fourth-order valence-electron chi connectivity index (χ4n) is 3.62. The number of nitrogens with one attached hydrogen (secondary N) is 1. The Kier molecular flexibility index (Phi) is 4.49. The van der Waals surface area contributed by atoms with Crippen LogP contribution < -0.4 is 5.32 Å². The average Bonchev–Trinajstić information content (AvgIpc) is 3.09. The average molecular weight is 377 g/mol. The summed E-state index contributed by atoms with van der Waals surface area (Å²) < 4.78 is 0. The van der Waals surface area contributed by atoms with E-state index in [1.807, 2.05) is 55.5 Å². The van der Waals surface area contributed by atoms with Gasteiger partial charge in [0.15, 0.2) is 5.13 Å². The molecule has 0 aliphatic carbocycles. The lowest BCUT2D eigenvalue weighted by Gasteiger charge is -2.39. The summed E-state index contributed by atoms with van der Waals surface area (Å²) in [6.07, 6.45) is 1.74. The second kappa shape index (κ2) is 6.96. The van der Waals surface area contributed by atoms with Crippen LogP contribution in [0.3, 0.4) is 0 Å². The molecular formula is C21H19N3O2S. The van der Waals surface area contributed by atoms with Gasteiger partial charge in [0, 0.05) is 23.7 Å². The molecule has 2 atom stereocenters. The third-order valence-electron chi connectivity index (χ3n) is 4.85. The van der Waals surface area contributed by atoms with Gasteiger partial charge in [-0.05, 0) is 24.1 Å². The summed E-state index contributed by atoms with van der Waals surface area (Å²) in [6.45, 7) is 1.95. The third-order valence-corrected chi connectivity index (χ3v) is 5.68. The van der Waals surface area contributed by atoms with Gasteiger partial charge in [0.05, 0.1) is 12.0 Å². The first kappa shape index (κ1) is 17.4. The first-order valence-electron chi connectivity index (χ1n) is 8.70. The van der Waals surface area contributed by atoms with Crippen molar-refractivity contribution >= 4 is 28.3 Å². The molecule has 0 unspecified atom stereocenters. The zero-order valence-electron chi connectivity index (χ0n) is 15.0. The summed E-state index contributed by atoms with van der Waals surface area (Å²) in [5, 5.41) is 3.51. The fraction of sp³-hybridized carbons (Fsp3) is 0.190. The smallest absolute Gasteiger partial charge is 0.254 e. The lowest BCUT2D eigenvalue weighted by atomic mass is 9.79. The van der Waals surface area contributed by atoms with E-state index in [2.05, 4.69) is 10.3 Å². The van der Waals surface area contributed by atoms with E-state index in [1.165, 1.54) is 11.3 Å². The number of hydrogen-bond donors (Lipinski definition) is 1. The van der Waals surface area contributed by atoms with Crippen molar-refractivity contribution in [1.29, 1.82) is 0 Å². The lowest BCUT2D eigenvalue weighted by molar-refractivity contribution is -0.119. The van der Waals surface area contributed by atoms with Crippen molar-refractivity contribution in [3.8, 4) is 0 Å². The number of anilines is 1. The van der Waals surface area contributed by atoms with E-state index in [4.69, 9.17) is 0 Å². The van der Waals surface area contributed by atoms with Crippen LogP contribution in [0.4, 0.5) is 5.13 Å². The van der Waals surface area contributed by atoms with Gasteiger partial charge in [0.25, 0.3) is 5.91 Å². The van der Waals surface area contributed by atoms with Crippen LogP contribution in [0.25, 0.3) is 0 Å². The van der Waals surface area contributed by atoms with E-state index in [9.17, 15) is 9.59 Å². The monoisotopic (exact) mass is 377 g/mol. The predicted octanol–water partition coefficient (Wildman–Crippen LogP) is 4.00. The quantitative estimate of drug-likeness (QED) is 0.750. The van der Waals surface area contributed by atoms with Crippen molar-refractivity contribution in [2.24, 2.45) is 0 Å². The van der Waals surface area contributed by atoms with E-state index in [1.54, 1.807) is 24.2 Å². The normalized spacial score (nSPS) is 18.9. The highest BCUT2D eigenvalue weighted by molar-refractivity contribution is 7.15. The Morgan fingerprint density at radius 1 is 1.11 bits per heavy atom. The minimum absolute atomic E-state index is 0.0754. The minimum atomic E-state index is -0.518. The van der Waals surface area contributed by atoms with Gasteiger partial charge in [-0.15, -0.1) is 11.3 Å².